The van der Waals surface area contributed by atoms with Crippen LogP contribution in [0.4, 0.5) is 0 Å². The number of amides is 1. The third-order valence-electron chi connectivity index (χ3n) is 2.84. The van der Waals surface area contributed by atoms with Crippen molar-refractivity contribution in [2.45, 2.75) is 45.2 Å². The minimum absolute atomic E-state index is 0. The van der Waals surface area contributed by atoms with Gasteiger partial charge < -0.3 is 22.1 Å². The van der Waals surface area contributed by atoms with Gasteiger partial charge in [0.05, 0.1) is 12.3 Å². The van der Waals surface area contributed by atoms with Crippen LogP contribution >= 0.6 is 0 Å². The number of carboxylic acid groups (broad SMARTS) is 1. The van der Waals surface area contributed by atoms with E-state index in [9.17, 15) is 18.0 Å². The van der Waals surface area contributed by atoms with Crippen LogP contribution in [0.1, 0.15) is 33.1 Å². The second kappa shape index (κ2) is 16.8. The molecule has 2 N–H and O–H groups in total. The molecule has 8 nitrogen and oxygen atoms in total. The van der Waals surface area contributed by atoms with Crippen LogP contribution in [0.25, 0.3) is 0 Å². The summed E-state index contributed by atoms with van der Waals surface area (Å²) in [4.78, 5) is 30.4. The Morgan fingerprint density at radius 1 is 1.38 bits per heavy atom. The first-order valence-electron chi connectivity index (χ1n) is 6.80. The molecule has 1 aliphatic heterocycles. The molecule has 1 fully saturated rings. The third-order valence-corrected chi connectivity index (χ3v) is 4.12. The van der Waals surface area contributed by atoms with Gasteiger partial charge in [-0.15, -0.1) is 0 Å². The fourth-order valence-corrected chi connectivity index (χ4v) is 3.05. The van der Waals surface area contributed by atoms with Gasteiger partial charge in [-0.3, -0.25) is 16.4 Å². The second-order valence-electron chi connectivity index (χ2n) is 4.22. The third kappa shape index (κ3) is 11.0. The Morgan fingerprint density at radius 3 is 2.17 bits per heavy atom. The number of carboxylic acids is 1. The van der Waals surface area contributed by atoms with Crippen molar-refractivity contribution >= 4 is 28.7 Å². The number of carbonyl (C=O) groups excluding carboxylic acids is 2. The topological polar surface area (TPSA) is 121 Å². The molecule has 24 heavy (non-hydrogen) atoms. The van der Waals surface area contributed by atoms with E-state index in [-0.39, 0.29) is 60.2 Å². The van der Waals surface area contributed by atoms with Crippen molar-refractivity contribution in [2.75, 3.05) is 12.8 Å². The zero-order chi connectivity index (χ0) is 17.9. The SMILES string of the molecule is CC.[CH-]=O.[CH2-]C[C@H](NC(=O)C1CCCN1S(C)(=O)=O)C(=O)O.[W].[Y]. The van der Waals surface area contributed by atoms with Crippen molar-refractivity contribution in [3.8, 4) is 0 Å². The smallest absolute Gasteiger partial charge is 0.323 e. The number of nitrogens with one attached hydrogen (secondary N) is 1. The van der Waals surface area contributed by atoms with Gasteiger partial charge in [0.15, 0.2) is 0 Å². The first kappa shape index (κ1) is 32.0. The maximum Gasteiger partial charge on any atom is 0.323 e. The Bertz CT molecular complexity index is 463. The number of sulfonamides is 1. The average Bonchev–Trinajstić information content (AvgIpc) is 2.98. The number of hydrogen-bond donors (Lipinski definition) is 2. The molecule has 0 bridgehead atoms. The standard InChI is InChI=1S/C10H17N2O5S.C2H6.CHO.W.Y/c1-3-7(10(14)15)11-9(13)8-5-4-6-12(8)18(2,16)17;2*1-2;;/h7-8H,1,3-6H2,2H3,(H,11,13)(H,14,15);1-2H3;1H;;/q-1;;-1;;/t7-,8?;;;;/m0..../s1. The minimum Gasteiger partial charge on any atom is -0.545 e. The predicted molar refractivity (Wildman–Crippen MR) is 82.2 cm³/mol. The van der Waals surface area contributed by atoms with Crippen LogP contribution in [0, 0.1) is 6.92 Å². The molecule has 1 rings (SSSR count). The Labute approximate surface area is 183 Å². The van der Waals surface area contributed by atoms with Crippen molar-refractivity contribution in [3.05, 3.63) is 6.92 Å². The largest absolute Gasteiger partial charge is 0.545 e. The van der Waals surface area contributed by atoms with Crippen LogP contribution in [-0.4, -0.2) is 61.4 Å². The molecular weight excluding hydrogens is 585 g/mol. The number of hydrogen-bond acceptors (Lipinski definition) is 5. The Balaban J connectivity index is -0.000000309. The molecule has 2 atom stereocenters. The molecule has 11 heteroatoms. The Kier molecular flexibility index (Phi) is 22.4. The van der Waals surface area contributed by atoms with Gasteiger partial charge in [0.25, 0.3) is 0 Å². The fourth-order valence-electron chi connectivity index (χ4n) is 1.92. The number of rotatable bonds is 5. The molecule has 1 amide bonds. The summed E-state index contributed by atoms with van der Waals surface area (Å²) in [6, 6.07) is -1.90. The monoisotopic (exact) mass is 609 g/mol. The summed E-state index contributed by atoms with van der Waals surface area (Å²) in [5, 5.41) is 11.1. The van der Waals surface area contributed by atoms with Crippen LogP contribution in [0.5, 0.6) is 0 Å². The zero-order valence-corrected chi connectivity index (χ0v) is 20.7. The van der Waals surface area contributed by atoms with E-state index in [1.165, 1.54) is 0 Å². The molecule has 0 aromatic carbocycles. The molecule has 0 saturated carbocycles. The average molecular weight is 609 g/mol. The van der Waals surface area contributed by atoms with Crippen molar-refractivity contribution in [3.63, 3.8) is 0 Å². The number of carbonyl (C=O) groups is 2. The van der Waals surface area contributed by atoms with Gasteiger partial charge >= 0.3 is 5.97 Å². The molecule has 139 valence electrons. The van der Waals surface area contributed by atoms with Crippen molar-refractivity contribution in [1.29, 1.82) is 0 Å². The fraction of sp³-hybridized carbons (Fsp3) is 0.692. The first-order chi connectivity index (χ1) is 10.3. The molecule has 1 heterocycles. The van der Waals surface area contributed by atoms with E-state index < -0.39 is 34.0 Å². The van der Waals surface area contributed by atoms with Crippen molar-refractivity contribution in [1.82, 2.24) is 9.62 Å². The Morgan fingerprint density at radius 2 is 1.83 bits per heavy atom. The molecular formula is C13H24N2O6SWY-2. The quantitative estimate of drug-likeness (QED) is 0.334. The maximum atomic E-state index is 11.9. The summed E-state index contributed by atoms with van der Waals surface area (Å²) in [6.07, 6.45) is 2.04. The molecule has 1 aliphatic rings. The van der Waals surface area contributed by atoms with Gasteiger partial charge in [-0.1, -0.05) is 13.8 Å². The van der Waals surface area contributed by atoms with E-state index in [2.05, 4.69) is 19.0 Å². The number of aliphatic carboxylic acids is 1. The molecule has 1 radical (unpaired) electrons. The molecule has 1 unspecified atom stereocenters. The van der Waals surface area contributed by atoms with Crippen molar-refractivity contribution in [2.24, 2.45) is 0 Å². The molecule has 0 aliphatic carbocycles. The van der Waals surface area contributed by atoms with Gasteiger partial charge in [0.2, 0.25) is 15.9 Å². The van der Waals surface area contributed by atoms with Crippen LogP contribution in [0.3, 0.4) is 0 Å². The molecule has 0 aromatic heterocycles. The molecule has 0 aromatic rings. The summed E-state index contributed by atoms with van der Waals surface area (Å²) in [6.45, 7) is 11.0. The number of nitrogens with zero attached hydrogens (tertiary/aromatic N) is 1. The van der Waals surface area contributed by atoms with E-state index in [0.29, 0.717) is 19.4 Å². The van der Waals surface area contributed by atoms with E-state index in [1.807, 2.05) is 13.8 Å². The predicted octanol–water partition coefficient (Wildman–Crippen LogP) is -0.0489. The van der Waals surface area contributed by atoms with E-state index >= 15 is 0 Å². The minimum atomic E-state index is -3.45. The normalized spacial score (nSPS) is 17.4. The van der Waals surface area contributed by atoms with Crippen LogP contribution in [-0.2, 0) is 78.2 Å². The Hall–Kier alpha value is 0.312. The zero-order valence-electron chi connectivity index (χ0n) is 14.1. The second-order valence-corrected chi connectivity index (χ2v) is 6.15. The van der Waals surface area contributed by atoms with Gasteiger partial charge in [-0.05, 0) is 12.8 Å². The van der Waals surface area contributed by atoms with E-state index in [4.69, 9.17) is 9.90 Å². The summed E-state index contributed by atoms with van der Waals surface area (Å²) >= 11 is 0. The van der Waals surface area contributed by atoms with Gasteiger partial charge in [-0.2, -0.15) is 10.7 Å². The van der Waals surface area contributed by atoms with Crippen LogP contribution in [0.15, 0.2) is 0 Å². The van der Waals surface area contributed by atoms with Crippen LogP contribution in [0.2, 0.25) is 0 Å². The van der Waals surface area contributed by atoms with E-state index in [1.54, 1.807) is 0 Å². The summed E-state index contributed by atoms with van der Waals surface area (Å²) < 4.78 is 24.0. The van der Waals surface area contributed by atoms with Gasteiger partial charge in [0, 0.05) is 60.3 Å². The van der Waals surface area contributed by atoms with E-state index in [0.717, 1.165) is 10.6 Å². The maximum absolute atomic E-state index is 11.9. The van der Waals surface area contributed by atoms with Crippen molar-refractivity contribution < 1.29 is 81.7 Å². The summed E-state index contributed by atoms with van der Waals surface area (Å²) in [7, 11) is -3.45. The van der Waals surface area contributed by atoms with Crippen LogP contribution < -0.4 is 5.32 Å². The van der Waals surface area contributed by atoms with Gasteiger partial charge in [-0.25, -0.2) is 8.42 Å². The first-order valence-corrected chi connectivity index (χ1v) is 8.65. The molecule has 1 saturated heterocycles. The molecule has 0 spiro atoms. The summed E-state index contributed by atoms with van der Waals surface area (Å²) in [5.41, 5.74) is 0. The van der Waals surface area contributed by atoms with Gasteiger partial charge in [0.1, 0.15) is 6.04 Å². The summed E-state index contributed by atoms with van der Waals surface area (Å²) in [5.74, 6) is -1.75.